The lowest BCUT2D eigenvalue weighted by atomic mass is 10.2. The number of rotatable bonds is 3. The molecule has 1 fully saturated rings. The highest BCUT2D eigenvalue weighted by Gasteiger charge is 2.18. The molecule has 23 heavy (non-hydrogen) atoms. The van der Waals surface area contributed by atoms with Crippen molar-refractivity contribution < 1.29 is 9.90 Å². The maximum Gasteiger partial charge on any atom is 0.335 e. The van der Waals surface area contributed by atoms with Crippen LogP contribution in [0.4, 0.5) is 5.95 Å². The van der Waals surface area contributed by atoms with Crippen molar-refractivity contribution in [2.45, 2.75) is 13.0 Å². The number of nitrogens with zero attached hydrogens (tertiary/aromatic N) is 4. The molecule has 2 aromatic rings. The monoisotopic (exact) mass is 335 g/mol. The van der Waals surface area contributed by atoms with Crippen LogP contribution in [-0.4, -0.2) is 51.7 Å². The van der Waals surface area contributed by atoms with Crippen LogP contribution in [0.3, 0.4) is 0 Å². The Morgan fingerprint density at radius 2 is 2.09 bits per heavy atom. The number of nitrogens with one attached hydrogen (secondary N) is 1. The Bertz CT molecular complexity index is 697. The molecule has 7 nitrogen and oxygen atoms in total. The smallest absolute Gasteiger partial charge is 0.335 e. The molecule has 3 rings (SSSR count). The number of aromatic nitrogens is 3. The van der Waals surface area contributed by atoms with Gasteiger partial charge in [-0.05, 0) is 25.1 Å². The van der Waals surface area contributed by atoms with E-state index in [1.54, 1.807) is 12.3 Å². The number of carbonyl (C=O) groups is 1. The minimum Gasteiger partial charge on any atom is -0.478 e. The Kier molecular flexibility index (Phi) is 5.46. The summed E-state index contributed by atoms with van der Waals surface area (Å²) in [5.74, 6) is -0.331. The number of hydrogen-bond acceptors (Lipinski definition) is 6. The molecule has 2 N–H and O–H groups in total. The third-order valence-electron chi connectivity index (χ3n) is 3.56. The lowest BCUT2D eigenvalue weighted by molar-refractivity contribution is 0.0697. The van der Waals surface area contributed by atoms with Crippen LogP contribution in [0.15, 0.2) is 30.6 Å². The fourth-order valence-electron chi connectivity index (χ4n) is 2.46. The highest BCUT2D eigenvalue weighted by molar-refractivity contribution is 5.88. The molecule has 8 heteroatoms. The van der Waals surface area contributed by atoms with Gasteiger partial charge in [0.1, 0.15) is 0 Å². The number of anilines is 1. The normalized spacial score (nSPS) is 17.4. The molecule has 0 bridgehead atoms. The van der Waals surface area contributed by atoms with Gasteiger partial charge in [-0.3, -0.25) is 4.98 Å². The number of halogens is 1. The maximum absolute atomic E-state index is 11.1. The van der Waals surface area contributed by atoms with Crippen LogP contribution < -0.4 is 10.2 Å². The Morgan fingerprint density at radius 3 is 2.83 bits per heavy atom. The molecule has 0 spiro atoms. The van der Waals surface area contributed by atoms with E-state index in [4.69, 9.17) is 5.11 Å². The summed E-state index contributed by atoms with van der Waals surface area (Å²) in [6.45, 7) is 4.69. The van der Waals surface area contributed by atoms with Gasteiger partial charge < -0.3 is 15.3 Å². The summed E-state index contributed by atoms with van der Waals surface area (Å²) in [5.41, 5.74) is 1.35. The predicted octanol–water partition coefficient (Wildman–Crippen LogP) is 1.46. The van der Waals surface area contributed by atoms with Crippen LogP contribution in [0.1, 0.15) is 17.3 Å². The van der Waals surface area contributed by atoms with Gasteiger partial charge in [-0.15, -0.1) is 12.4 Å². The summed E-state index contributed by atoms with van der Waals surface area (Å²) in [6, 6.07) is 5.11. The van der Waals surface area contributed by atoms with Crippen LogP contribution in [-0.2, 0) is 0 Å². The Morgan fingerprint density at radius 1 is 1.30 bits per heavy atom. The topological polar surface area (TPSA) is 91.2 Å². The lowest BCUT2D eigenvalue weighted by Gasteiger charge is -2.31. The molecule has 2 aromatic heterocycles. The summed E-state index contributed by atoms with van der Waals surface area (Å²) in [5, 5.41) is 12.4. The Labute approximate surface area is 140 Å². The molecule has 1 saturated heterocycles. The molecule has 1 unspecified atom stereocenters. The second kappa shape index (κ2) is 7.34. The van der Waals surface area contributed by atoms with E-state index in [0.29, 0.717) is 23.4 Å². The third-order valence-corrected chi connectivity index (χ3v) is 3.56. The van der Waals surface area contributed by atoms with Crippen molar-refractivity contribution in [3.8, 4) is 11.4 Å². The third kappa shape index (κ3) is 3.94. The zero-order chi connectivity index (χ0) is 15.5. The molecule has 0 aromatic carbocycles. The minimum atomic E-state index is -0.978. The number of carboxylic acid groups (broad SMARTS) is 1. The lowest BCUT2D eigenvalue weighted by Crippen LogP contribution is -2.49. The molecule has 1 aliphatic heterocycles. The van der Waals surface area contributed by atoms with Crippen molar-refractivity contribution in [3.05, 3.63) is 36.2 Å². The van der Waals surface area contributed by atoms with Crippen molar-refractivity contribution in [1.29, 1.82) is 0 Å². The van der Waals surface area contributed by atoms with E-state index in [1.807, 2.05) is 0 Å². The zero-order valence-corrected chi connectivity index (χ0v) is 13.5. The highest BCUT2D eigenvalue weighted by Crippen LogP contribution is 2.18. The molecule has 0 aliphatic carbocycles. The van der Waals surface area contributed by atoms with E-state index in [9.17, 15) is 4.79 Å². The summed E-state index contributed by atoms with van der Waals surface area (Å²) in [4.78, 5) is 26.2. The van der Waals surface area contributed by atoms with Crippen molar-refractivity contribution in [3.63, 3.8) is 0 Å². The number of hydrogen-bond donors (Lipinski definition) is 2. The van der Waals surface area contributed by atoms with Crippen molar-refractivity contribution in [2.75, 3.05) is 24.5 Å². The fourth-order valence-corrected chi connectivity index (χ4v) is 2.46. The molecular formula is C15H18ClN5O2. The van der Waals surface area contributed by atoms with Gasteiger partial charge in [-0.1, -0.05) is 0 Å². The Balaban J connectivity index is 0.00000192. The van der Waals surface area contributed by atoms with Gasteiger partial charge >= 0.3 is 5.97 Å². The maximum atomic E-state index is 11.1. The molecular weight excluding hydrogens is 318 g/mol. The minimum absolute atomic E-state index is 0. The van der Waals surface area contributed by atoms with Crippen LogP contribution in [0.25, 0.3) is 11.4 Å². The average molecular weight is 336 g/mol. The molecule has 122 valence electrons. The van der Waals surface area contributed by atoms with Gasteiger partial charge in [-0.25, -0.2) is 14.8 Å². The van der Waals surface area contributed by atoms with Gasteiger partial charge in [0, 0.05) is 38.1 Å². The number of carboxylic acids is 1. The first kappa shape index (κ1) is 17.1. The van der Waals surface area contributed by atoms with Crippen LogP contribution in [0.2, 0.25) is 0 Å². The molecule has 1 aliphatic rings. The van der Waals surface area contributed by atoms with Gasteiger partial charge in [0.15, 0.2) is 0 Å². The van der Waals surface area contributed by atoms with Gasteiger partial charge in [0.05, 0.1) is 17.0 Å². The molecule has 0 saturated carbocycles. The predicted molar refractivity (Wildman–Crippen MR) is 89.1 cm³/mol. The number of pyridine rings is 1. The van der Waals surface area contributed by atoms with Crippen molar-refractivity contribution in [1.82, 2.24) is 20.3 Å². The first-order valence-corrected chi connectivity index (χ1v) is 7.14. The average Bonchev–Trinajstić information content (AvgIpc) is 2.55. The first-order valence-electron chi connectivity index (χ1n) is 7.14. The van der Waals surface area contributed by atoms with Gasteiger partial charge in [0.2, 0.25) is 5.95 Å². The van der Waals surface area contributed by atoms with E-state index in [2.05, 4.69) is 32.1 Å². The second-order valence-corrected chi connectivity index (χ2v) is 5.28. The largest absolute Gasteiger partial charge is 0.478 e. The first-order chi connectivity index (χ1) is 10.6. The molecule has 1 atom stereocenters. The molecule has 0 radical (unpaired) electrons. The van der Waals surface area contributed by atoms with Crippen LogP contribution in [0.5, 0.6) is 0 Å². The van der Waals surface area contributed by atoms with E-state index < -0.39 is 5.97 Å². The quantitative estimate of drug-likeness (QED) is 0.877. The van der Waals surface area contributed by atoms with Crippen LogP contribution in [0, 0.1) is 0 Å². The van der Waals surface area contributed by atoms with Crippen molar-refractivity contribution >= 4 is 24.3 Å². The molecule has 3 heterocycles. The van der Waals surface area contributed by atoms with E-state index in [1.165, 1.54) is 18.3 Å². The number of aromatic carboxylic acids is 1. The summed E-state index contributed by atoms with van der Waals surface area (Å²) >= 11 is 0. The Hall–Kier alpha value is -2.25. The zero-order valence-electron chi connectivity index (χ0n) is 12.6. The fraction of sp³-hybridized carbons (Fsp3) is 0.333. The van der Waals surface area contributed by atoms with E-state index in [-0.39, 0.29) is 18.0 Å². The van der Waals surface area contributed by atoms with E-state index in [0.717, 1.165) is 19.6 Å². The highest BCUT2D eigenvalue weighted by atomic mass is 35.5. The summed E-state index contributed by atoms with van der Waals surface area (Å²) in [7, 11) is 0. The van der Waals surface area contributed by atoms with Crippen molar-refractivity contribution in [2.24, 2.45) is 0 Å². The van der Waals surface area contributed by atoms with Gasteiger partial charge in [0.25, 0.3) is 0 Å². The summed E-state index contributed by atoms with van der Waals surface area (Å²) in [6.07, 6.45) is 3.16. The number of piperazine rings is 1. The molecule has 0 amide bonds. The van der Waals surface area contributed by atoms with E-state index >= 15 is 0 Å². The van der Waals surface area contributed by atoms with Crippen LogP contribution >= 0.6 is 12.4 Å². The summed E-state index contributed by atoms with van der Waals surface area (Å²) < 4.78 is 0. The van der Waals surface area contributed by atoms with Gasteiger partial charge in [-0.2, -0.15) is 0 Å². The second-order valence-electron chi connectivity index (χ2n) is 5.28. The SMILES string of the molecule is CC1CN(c2nccc(-c3cc(C(=O)O)ccn3)n2)CCN1.Cl. The standard InChI is InChI=1S/C15H17N5O2.ClH/c1-10-9-20(7-6-16-10)15-18-5-3-12(19-15)13-8-11(14(21)22)2-4-17-13;/h2-5,8,10,16H,6-7,9H2,1H3,(H,21,22);1H.